The molecule has 29 heavy (non-hydrogen) atoms. The van der Waals surface area contributed by atoms with E-state index in [9.17, 15) is 9.59 Å². The molecule has 3 rings (SSSR count). The number of hydrogen-bond acceptors (Lipinski definition) is 6. The Hall–Kier alpha value is -2.84. The van der Waals surface area contributed by atoms with Crippen LogP contribution in [0.15, 0.2) is 36.5 Å². The molecule has 0 aliphatic carbocycles. The molecule has 152 valence electrons. The van der Waals surface area contributed by atoms with E-state index < -0.39 is 11.9 Å². The summed E-state index contributed by atoms with van der Waals surface area (Å²) in [6.07, 6.45) is 1.51. The number of hydrogen-bond donors (Lipinski definition) is 1. The lowest BCUT2D eigenvalue weighted by atomic mass is 10.1. The molecule has 0 spiro atoms. The predicted molar refractivity (Wildman–Crippen MR) is 112 cm³/mol. The van der Waals surface area contributed by atoms with Gasteiger partial charge in [-0.05, 0) is 56.7 Å². The van der Waals surface area contributed by atoms with Crippen molar-refractivity contribution in [1.82, 2.24) is 9.78 Å². The van der Waals surface area contributed by atoms with E-state index in [4.69, 9.17) is 21.1 Å². The molecule has 2 heterocycles. The molecule has 0 bridgehead atoms. The van der Waals surface area contributed by atoms with Gasteiger partial charge in [-0.1, -0.05) is 11.6 Å². The monoisotopic (exact) mass is 433 g/mol. The molecule has 1 amide bonds. The smallest absolute Gasteiger partial charge is 0.341 e. The third-order valence-corrected chi connectivity index (χ3v) is 5.58. The highest BCUT2D eigenvalue weighted by Crippen LogP contribution is 2.33. The zero-order valence-corrected chi connectivity index (χ0v) is 17.8. The van der Waals surface area contributed by atoms with Gasteiger partial charge in [0.1, 0.15) is 16.4 Å². The number of esters is 1. The van der Waals surface area contributed by atoms with Crippen LogP contribution in [0.2, 0.25) is 5.02 Å². The molecule has 0 radical (unpaired) electrons. The molecular formula is C20H20ClN3O4S. The number of rotatable bonds is 7. The van der Waals surface area contributed by atoms with E-state index in [0.717, 1.165) is 10.4 Å². The van der Waals surface area contributed by atoms with Gasteiger partial charge < -0.3 is 14.8 Å². The van der Waals surface area contributed by atoms with Crippen molar-refractivity contribution >= 4 is 39.8 Å². The Morgan fingerprint density at radius 1 is 1.21 bits per heavy atom. The Balaban J connectivity index is 1.76. The second-order valence-corrected chi connectivity index (χ2v) is 7.77. The fourth-order valence-corrected chi connectivity index (χ4v) is 3.80. The van der Waals surface area contributed by atoms with Gasteiger partial charge in [-0.25, -0.2) is 9.48 Å². The number of aromatic nitrogens is 2. The van der Waals surface area contributed by atoms with Crippen LogP contribution in [-0.4, -0.2) is 28.3 Å². The van der Waals surface area contributed by atoms with E-state index in [0.29, 0.717) is 27.0 Å². The van der Waals surface area contributed by atoms with Crippen molar-refractivity contribution in [3.63, 3.8) is 0 Å². The van der Waals surface area contributed by atoms with E-state index in [1.807, 2.05) is 13.8 Å². The van der Waals surface area contributed by atoms with Crippen molar-refractivity contribution in [2.24, 2.45) is 0 Å². The first-order chi connectivity index (χ1) is 13.9. The molecule has 0 aliphatic heterocycles. The minimum absolute atomic E-state index is 0.0462. The summed E-state index contributed by atoms with van der Waals surface area (Å²) < 4.78 is 12.2. The summed E-state index contributed by atoms with van der Waals surface area (Å²) in [5.41, 5.74) is 1.48. The zero-order valence-electron chi connectivity index (χ0n) is 16.2. The summed E-state index contributed by atoms with van der Waals surface area (Å²) in [4.78, 5) is 26.1. The Kier molecular flexibility index (Phi) is 6.56. The van der Waals surface area contributed by atoms with Gasteiger partial charge in [-0.2, -0.15) is 5.10 Å². The van der Waals surface area contributed by atoms with E-state index in [-0.39, 0.29) is 13.3 Å². The van der Waals surface area contributed by atoms with Gasteiger partial charge in [-0.3, -0.25) is 4.79 Å². The Morgan fingerprint density at radius 3 is 2.62 bits per heavy atom. The quantitative estimate of drug-likeness (QED) is 0.547. The van der Waals surface area contributed by atoms with Crippen molar-refractivity contribution < 1.29 is 19.1 Å². The topological polar surface area (TPSA) is 82.5 Å². The lowest BCUT2D eigenvalue weighted by Crippen LogP contribution is -2.20. The van der Waals surface area contributed by atoms with Gasteiger partial charge >= 0.3 is 5.97 Å². The molecule has 3 aromatic rings. The molecule has 2 aromatic heterocycles. The molecular weight excluding hydrogens is 414 g/mol. The largest absolute Gasteiger partial charge is 0.471 e. The Labute approximate surface area is 177 Å². The maximum absolute atomic E-state index is 12.8. The van der Waals surface area contributed by atoms with Gasteiger partial charge in [-0.15, -0.1) is 11.3 Å². The number of anilines is 1. The molecule has 0 atom stereocenters. The second-order valence-electron chi connectivity index (χ2n) is 6.11. The molecule has 7 nitrogen and oxygen atoms in total. The third-order valence-electron chi connectivity index (χ3n) is 4.21. The number of amides is 1. The maximum atomic E-state index is 12.8. The van der Waals surface area contributed by atoms with Crippen LogP contribution in [0.25, 0.3) is 0 Å². The highest BCUT2D eigenvalue weighted by Gasteiger charge is 2.23. The second kappa shape index (κ2) is 9.11. The number of nitrogens with one attached hydrogen (secondary N) is 1. The fourth-order valence-electron chi connectivity index (χ4n) is 2.63. The average Bonchev–Trinajstić information content (AvgIpc) is 3.26. The first kappa shape index (κ1) is 20.9. The summed E-state index contributed by atoms with van der Waals surface area (Å²) >= 11 is 7.20. The Morgan fingerprint density at radius 2 is 1.93 bits per heavy atom. The molecule has 0 saturated carbocycles. The van der Waals surface area contributed by atoms with Crippen molar-refractivity contribution in [2.75, 3.05) is 11.9 Å². The van der Waals surface area contributed by atoms with Gasteiger partial charge in [0, 0.05) is 16.1 Å². The molecule has 0 fully saturated rings. The number of benzene rings is 1. The molecule has 0 unspecified atom stereocenters. The summed E-state index contributed by atoms with van der Waals surface area (Å²) in [7, 11) is 0. The highest BCUT2D eigenvalue weighted by atomic mass is 35.5. The minimum Gasteiger partial charge on any atom is -0.471 e. The third kappa shape index (κ3) is 4.78. The molecule has 1 N–H and O–H groups in total. The van der Waals surface area contributed by atoms with Crippen LogP contribution in [0.3, 0.4) is 0 Å². The number of carbonyl (C=O) groups is 2. The molecule has 1 aromatic carbocycles. The summed E-state index contributed by atoms with van der Waals surface area (Å²) in [5.74, 6) is -0.247. The standard InChI is InChI=1S/C20H20ClN3O4S/c1-4-27-20(26)17-12(2)13(3)29-19(17)23-18(25)16-9-10-22-24(16)11-28-15-7-5-14(21)6-8-15/h5-10H,4,11H2,1-3H3,(H,23,25). The summed E-state index contributed by atoms with van der Waals surface area (Å²) in [6, 6.07) is 8.47. The van der Waals surface area contributed by atoms with E-state index >= 15 is 0 Å². The van der Waals surface area contributed by atoms with Crippen LogP contribution in [0.1, 0.15) is 38.2 Å². The molecule has 9 heteroatoms. The first-order valence-corrected chi connectivity index (χ1v) is 10.1. The molecule has 0 aliphatic rings. The van der Waals surface area contributed by atoms with E-state index in [1.54, 1.807) is 37.3 Å². The maximum Gasteiger partial charge on any atom is 0.341 e. The number of halogens is 1. The van der Waals surface area contributed by atoms with Crippen molar-refractivity contribution in [2.45, 2.75) is 27.5 Å². The Bertz CT molecular complexity index is 1030. The molecule has 0 saturated heterocycles. The fraction of sp³-hybridized carbons (Fsp3) is 0.250. The lowest BCUT2D eigenvalue weighted by Gasteiger charge is -2.10. The van der Waals surface area contributed by atoms with Crippen molar-refractivity contribution in [1.29, 1.82) is 0 Å². The van der Waals surface area contributed by atoms with Gasteiger partial charge in [0.2, 0.25) is 0 Å². The van der Waals surface area contributed by atoms with Crippen LogP contribution < -0.4 is 10.1 Å². The zero-order chi connectivity index (χ0) is 21.0. The van der Waals surface area contributed by atoms with Crippen LogP contribution in [0.4, 0.5) is 5.00 Å². The first-order valence-electron chi connectivity index (χ1n) is 8.89. The number of thiophene rings is 1. The van der Waals surface area contributed by atoms with Crippen LogP contribution in [0.5, 0.6) is 5.75 Å². The van der Waals surface area contributed by atoms with Crippen molar-refractivity contribution in [3.05, 3.63) is 63.2 Å². The number of nitrogens with zero attached hydrogens (tertiary/aromatic N) is 2. The predicted octanol–water partition coefficient (Wildman–Crippen LogP) is 4.68. The number of carbonyl (C=O) groups excluding carboxylic acids is 2. The van der Waals surface area contributed by atoms with Gasteiger partial charge in [0.05, 0.1) is 12.2 Å². The highest BCUT2D eigenvalue weighted by molar-refractivity contribution is 7.16. The van der Waals surface area contributed by atoms with Gasteiger partial charge in [0.15, 0.2) is 6.73 Å². The number of ether oxygens (including phenoxy) is 2. The van der Waals surface area contributed by atoms with Crippen LogP contribution >= 0.6 is 22.9 Å². The SMILES string of the molecule is CCOC(=O)c1c(NC(=O)c2ccnn2COc2ccc(Cl)cc2)sc(C)c1C. The summed E-state index contributed by atoms with van der Waals surface area (Å²) in [6.45, 7) is 5.77. The van der Waals surface area contributed by atoms with Crippen LogP contribution in [-0.2, 0) is 11.5 Å². The minimum atomic E-state index is -0.454. The van der Waals surface area contributed by atoms with E-state index in [2.05, 4.69) is 10.4 Å². The van der Waals surface area contributed by atoms with Crippen molar-refractivity contribution in [3.8, 4) is 5.75 Å². The normalized spacial score (nSPS) is 10.6. The summed E-state index contributed by atoms with van der Waals surface area (Å²) in [5, 5.41) is 8.00. The average molecular weight is 434 g/mol. The van der Waals surface area contributed by atoms with E-state index in [1.165, 1.54) is 22.2 Å². The van der Waals surface area contributed by atoms with Crippen LogP contribution in [0, 0.1) is 13.8 Å². The number of aryl methyl sites for hydroxylation is 1. The lowest BCUT2D eigenvalue weighted by molar-refractivity contribution is 0.0527. The van der Waals surface area contributed by atoms with Gasteiger partial charge in [0.25, 0.3) is 5.91 Å².